The number of likely N-dealkylation sites (N-methyl/N-ethyl adjacent to an activating group) is 1. The highest BCUT2D eigenvalue weighted by Gasteiger charge is 2.13. The second-order valence-corrected chi connectivity index (χ2v) is 5.94. The Morgan fingerprint density at radius 2 is 1.76 bits per heavy atom. The van der Waals surface area contributed by atoms with Crippen molar-refractivity contribution in [1.29, 1.82) is 0 Å². The highest BCUT2D eigenvalue weighted by Crippen LogP contribution is 2.09. The smallest absolute Gasteiger partial charge is 0.247 e. The summed E-state index contributed by atoms with van der Waals surface area (Å²) in [6.45, 7) is 2.75. The van der Waals surface area contributed by atoms with Crippen LogP contribution in [-0.4, -0.2) is 29.8 Å². The Morgan fingerprint density at radius 1 is 1.08 bits per heavy atom. The van der Waals surface area contributed by atoms with E-state index < -0.39 is 0 Å². The van der Waals surface area contributed by atoms with Crippen molar-refractivity contribution in [2.24, 2.45) is 0 Å². The molecule has 0 spiro atoms. The van der Waals surface area contributed by atoms with Crippen LogP contribution in [0.25, 0.3) is 6.08 Å². The molecule has 0 aliphatic heterocycles. The lowest BCUT2D eigenvalue weighted by atomic mass is 10.2. The second kappa shape index (κ2) is 9.64. The van der Waals surface area contributed by atoms with Crippen LogP contribution in [0.2, 0.25) is 5.02 Å². The van der Waals surface area contributed by atoms with Crippen molar-refractivity contribution in [3.63, 3.8) is 0 Å². The molecule has 2 rings (SSSR count). The molecular formula is C20H21ClN2O2. The number of benzene rings is 2. The Hall–Kier alpha value is -2.59. The van der Waals surface area contributed by atoms with Gasteiger partial charge in [-0.15, -0.1) is 0 Å². The van der Waals surface area contributed by atoms with Gasteiger partial charge in [0.15, 0.2) is 0 Å². The number of carbonyl (C=O) groups excluding carboxylic acids is 2. The summed E-state index contributed by atoms with van der Waals surface area (Å²) in [6, 6.07) is 16.8. The second-order valence-electron chi connectivity index (χ2n) is 5.50. The van der Waals surface area contributed by atoms with E-state index in [4.69, 9.17) is 11.6 Å². The summed E-state index contributed by atoms with van der Waals surface area (Å²) in [5.74, 6) is -0.383. The number of amides is 2. The van der Waals surface area contributed by atoms with Crippen molar-refractivity contribution >= 4 is 29.5 Å². The van der Waals surface area contributed by atoms with Gasteiger partial charge < -0.3 is 10.2 Å². The molecule has 2 aromatic carbocycles. The maximum absolute atomic E-state index is 12.2. The fraction of sp³-hybridized carbons (Fsp3) is 0.200. The summed E-state index contributed by atoms with van der Waals surface area (Å²) >= 11 is 5.83. The normalized spacial score (nSPS) is 10.6. The highest BCUT2D eigenvalue weighted by atomic mass is 35.5. The summed E-state index contributed by atoms with van der Waals surface area (Å²) in [7, 11) is 0. The zero-order valence-corrected chi connectivity index (χ0v) is 14.9. The minimum Gasteiger partial charge on any atom is -0.350 e. The minimum absolute atomic E-state index is 0.0298. The molecule has 0 atom stereocenters. The molecule has 0 fully saturated rings. The number of rotatable bonds is 7. The molecule has 0 saturated heterocycles. The van der Waals surface area contributed by atoms with Crippen LogP contribution in [0.15, 0.2) is 60.7 Å². The van der Waals surface area contributed by atoms with Gasteiger partial charge in [-0.25, -0.2) is 0 Å². The molecule has 1 N–H and O–H groups in total. The Balaban J connectivity index is 1.85. The van der Waals surface area contributed by atoms with Crippen molar-refractivity contribution in [2.75, 3.05) is 13.1 Å². The van der Waals surface area contributed by atoms with Gasteiger partial charge in [-0.2, -0.15) is 0 Å². The van der Waals surface area contributed by atoms with Gasteiger partial charge in [-0.3, -0.25) is 9.59 Å². The van der Waals surface area contributed by atoms with Crippen LogP contribution in [0.3, 0.4) is 0 Å². The molecule has 5 heteroatoms. The predicted molar refractivity (Wildman–Crippen MR) is 101 cm³/mol. The van der Waals surface area contributed by atoms with Gasteiger partial charge >= 0.3 is 0 Å². The average Bonchev–Trinajstić information content (AvgIpc) is 2.64. The van der Waals surface area contributed by atoms with E-state index in [-0.39, 0.29) is 18.4 Å². The third-order valence-electron chi connectivity index (χ3n) is 3.65. The Bertz CT molecular complexity index is 727. The fourth-order valence-corrected chi connectivity index (χ4v) is 2.34. The molecule has 2 amide bonds. The van der Waals surface area contributed by atoms with Gasteiger partial charge in [0.05, 0.1) is 6.54 Å². The van der Waals surface area contributed by atoms with Crippen LogP contribution < -0.4 is 5.32 Å². The van der Waals surface area contributed by atoms with E-state index in [2.05, 4.69) is 5.32 Å². The van der Waals surface area contributed by atoms with Gasteiger partial charge in [-0.05, 0) is 36.3 Å². The number of hydrogen-bond acceptors (Lipinski definition) is 2. The number of carbonyl (C=O) groups is 2. The largest absolute Gasteiger partial charge is 0.350 e. The van der Waals surface area contributed by atoms with Crippen molar-refractivity contribution in [3.8, 4) is 0 Å². The number of nitrogens with zero attached hydrogens (tertiary/aromatic N) is 1. The molecule has 0 heterocycles. The zero-order chi connectivity index (χ0) is 18.1. The number of halogens is 1. The SMILES string of the molecule is CCN(CC(=O)NCc1ccc(Cl)cc1)C(=O)/C=C/c1ccccc1. The van der Waals surface area contributed by atoms with Crippen molar-refractivity contribution < 1.29 is 9.59 Å². The summed E-state index contributed by atoms with van der Waals surface area (Å²) in [5.41, 5.74) is 1.90. The van der Waals surface area contributed by atoms with Crippen LogP contribution in [0, 0.1) is 0 Å². The lowest BCUT2D eigenvalue weighted by molar-refractivity contribution is -0.132. The topological polar surface area (TPSA) is 49.4 Å². The molecule has 0 bridgehead atoms. The highest BCUT2D eigenvalue weighted by molar-refractivity contribution is 6.30. The van der Waals surface area contributed by atoms with Crippen LogP contribution in [0.4, 0.5) is 0 Å². The fourth-order valence-electron chi connectivity index (χ4n) is 2.21. The van der Waals surface area contributed by atoms with Crippen molar-refractivity contribution in [1.82, 2.24) is 10.2 Å². The first kappa shape index (κ1) is 18.7. The Labute approximate surface area is 153 Å². The minimum atomic E-state index is -0.196. The van der Waals surface area contributed by atoms with E-state index in [1.165, 1.54) is 11.0 Å². The Kier molecular flexibility index (Phi) is 7.23. The monoisotopic (exact) mass is 356 g/mol. The lowest BCUT2D eigenvalue weighted by Crippen LogP contribution is -2.39. The first-order chi connectivity index (χ1) is 12.1. The molecule has 0 aliphatic rings. The predicted octanol–water partition coefficient (Wildman–Crippen LogP) is 3.52. The lowest BCUT2D eigenvalue weighted by Gasteiger charge is -2.18. The third-order valence-corrected chi connectivity index (χ3v) is 3.90. The molecule has 130 valence electrons. The molecule has 4 nitrogen and oxygen atoms in total. The maximum Gasteiger partial charge on any atom is 0.247 e. The van der Waals surface area contributed by atoms with Gasteiger partial charge in [0.25, 0.3) is 0 Å². The first-order valence-corrected chi connectivity index (χ1v) is 8.49. The molecule has 0 unspecified atom stereocenters. The zero-order valence-electron chi connectivity index (χ0n) is 14.1. The van der Waals surface area contributed by atoms with E-state index in [1.54, 1.807) is 18.2 Å². The first-order valence-electron chi connectivity index (χ1n) is 8.11. The van der Waals surface area contributed by atoms with Gasteiger partial charge in [0.2, 0.25) is 11.8 Å². The standard InChI is InChI=1S/C20H21ClN2O2/c1-2-23(20(25)13-10-16-6-4-3-5-7-16)15-19(24)22-14-17-8-11-18(21)12-9-17/h3-13H,2,14-15H2,1H3,(H,22,24)/b13-10+. The van der Waals surface area contributed by atoms with Gasteiger partial charge in [0.1, 0.15) is 0 Å². The third kappa shape index (κ3) is 6.43. The quantitative estimate of drug-likeness (QED) is 0.772. The molecule has 0 radical (unpaired) electrons. The Morgan fingerprint density at radius 3 is 2.40 bits per heavy atom. The van der Waals surface area contributed by atoms with E-state index in [0.29, 0.717) is 18.1 Å². The van der Waals surface area contributed by atoms with Crippen LogP contribution in [0.1, 0.15) is 18.1 Å². The maximum atomic E-state index is 12.2. The van der Waals surface area contributed by atoms with Crippen molar-refractivity contribution in [3.05, 3.63) is 76.8 Å². The number of hydrogen-bond donors (Lipinski definition) is 1. The molecule has 0 saturated carbocycles. The molecule has 0 aliphatic carbocycles. The van der Waals surface area contributed by atoms with Crippen molar-refractivity contribution in [2.45, 2.75) is 13.5 Å². The number of nitrogens with one attached hydrogen (secondary N) is 1. The van der Waals surface area contributed by atoms with E-state index in [9.17, 15) is 9.59 Å². The average molecular weight is 357 g/mol. The van der Waals surface area contributed by atoms with Crippen LogP contribution in [-0.2, 0) is 16.1 Å². The molecule has 2 aromatic rings. The van der Waals surface area contributed by atoms with E-state index in [0.717, 1.165) is 11.1 Å². The summed E-state index contributed by atoms with van der Waals surface area (Å²) in [5, 5.41) is 3.47. The van der Waals surface area contributed by atoms with E-state index in [1.807, 2.05) is 49.4 Å². The molecule has 0 aromatic heterocycles. The van der Waals surface area contributed by atoms with Crippen LogP contribution in [0.5, 0.6) is 0 Å². The molecule has 25 heavy (non-hydrogen) atoms. The summed E-state index contributed by atoms with van der Waals surface area (Å²) in [6.07, 6.45) is 3.24. The summed E-state index contributed by atoms with van der Waals surface area (Å²) in [4.78, 5) is 25.8. The molecular weight excluding hydrogens is 336 g/mol. The summed E-state index contributed by atoms with van der Waals surface area (Å²) < 4.78 is 0. The van der Waals surface area contributed by atoms with Gasteiger partial charge in [-0.1, -0.05) is 54.1 Å². The van der Waals surface area contributed by atoms with Crippen LogP contribution >= 0.6 is 11.6 Å². The van der Waals surface area contributed by atoms with Gasteiger partial charge in [0, 0.05) is 24.2 Å². The van der Waals surface area contributed by atoms with E-state index >= 15 is 0 Å².